The van der Waals surface area contributed by atoms with E-state index < -0.39 is 0 Å². The van der Waals surface area contributed by atoms with Crippen molar-refractivity contribution in [1.29, 1.82) is 0 Å². The van der Waals surface area contributed by atoms with Crippen molar-refractivity contribution in [1.82, 2.24) is 19.9 Å². The lowest BCUT2D eigenvalue weighted by Crippen LogP contribution is -2.32. The van der Waals surface area contributed by atoms with Crippen molar-refractivity contribution in [3.05, 3.63) is 242 Å². The minimum Gasteiger partial charge on any atom is -0.310 e. The lowest BCUT2D eigenvalue weighted by atomic mass is 9.73. The van der Waals surface area contributed by atoms with Crippen molar-refractivity contribution >= 4 is 11.4 Å². The molecular formula is C60H47N5. The Morgan fingerprint density at radius 3 is 1.32 bits per heavy atom. The van der Waals surface area contributed by atoms with Gasteiger partial charge >= 0.3 is 0 Å². The lowest BCUT2D eigenvalue weighted by Gasteiger charge is -2.42. The highest BCUT2D eigenvalue weighted by Crippen LogP contribution is 2.48. The van der Waals surface area contributed by atoms with Gasteiger partial charge in [0.05, 0.1) is 28.5 Å². The van der Waals surface area contributed by atoms with Crippen LogP contribution in [0.25, 0.3) is 78.9 Å². The van der Waals surface area contributed by atoms with Crippen molar-refractivity contribution in [2.45, 2.75) is 26.2 Å². The zero-order valence-corrected chi connectivity index (χ0v) is 36.7. The van der Waals surface area contributed by atoms with E-state index in [0.29, 0.717) is 11.6 Å². The smallest absolute Gasteiger partial charge is 0.160 e. The second-order valence-corrected chi connectivity index (χ2v) is 16.8. The first-order chi connectivity index (χ1) is 31.8. The van der Waals surface area contributed by atoms with Gasteiger partial charge in [0.15, 0.2) is 11.6 Å². The van der Waals surface area contributed by atoms with E-state index in [9.17, 15) is 0 Å². The Morgan fingerprint density at radius 1 is 0.431 bits per heavy atom. The molecule has 0 unspecified atom stereocenters. The van der Waals surface area contributed by atoms with Crippen molar-refractivity contribution < 1.29 is 0 Å². The van der Waals surface area contributed by atoms with E-state index in [1.165, 1.54) is 16.8 Å². The first-order valence-corrected chi connectivity index (χ1v) is 22.0. The Bertz CT molecular complexity index is 2970. The molecule has 5 nitrogen and oxygen atoms in total. The third kappa shape index (κ3) is 8.12. The average Bonchev–Trinajstić information content (AvgIpc) is 3.38. The number of para-hydroxylation sites is 1. The van der Waals surface area contributed by atoms with Gasteiger partial charge in [0.25, 0.3) is 0 Å². The molecule has 1 aliphatic rings. The summed E-state index contributed by atoms with van der Waals surface area (Å²) in [6.07, 6.45) is 6.04. The number of allylic oxidation sites excluding steroid dienone is 4. The molecule has 0 amide bonds. The molecule has 312 valence electrons. The zero-order valence-electron chi connectivity index (χ0n) is 36.7. The number of aromatic nitrogens is 4. The van der Waals surface area contributed by atoms with Crippen LogP contribution >= 0.6 is 0 Å². The number of hydrogen-bond acceptors (Lipinski definition) is 5. The molecule has 0 saturated heterocycles. The predicted molar refractivity (Wildman–Crippen MR) is 269 cm³/mol. The highest BCUT2D eigenvalue weighted by molar-refractivity contribution is 5.85. The van der Waals surface area contributed by atoms with Gasteiger partial charge in [0, 0.05) is 50.2 Å². The van der Waals surface area contributed by atoms with E-state index in [0.717, 1.165) is 78.7 Å². The van der Waals surface area contributed by atoms with Crippen LogP contribution in [-0.2, 0) is 5.41 Å². The Balaban J connectivity index is 1.17. The van der Waals surface area contributed by atoms with Crippen LogP contribution in [0.4, 0.5) is 11.4 Å². The molecule has 0 saturated carbocycles. The molecule has 1 aliphatic heterocycles. The minimum atomic E-state index is -0.145. The van der Waals surface area contributed by atoms with E-state index in [1.807, 2.05) is 84.9 Å². The van der Waals surface area contributed by atoms with Crippen molar-refractivity contribution in [3.63, 3.8) is 0 Å². The number of hydrogen-bond donors (Lipinski definition) is 0. The summed E-state index contributed by atoms with van der Waals surface area (Å²) in [6, 6.07) is 69.5. The second-order valence-electron chi connectivity index (χ2n) is 16.8. The van der Waals surface area contributed by atoms with Crippen molar-refractivity contribution in [3.8, 4) is 78.9 Å². The van der Waals surface area contributed by atoms with Gasteiger partial charge in [-0.25, -0.2) is 19.9 Å². The summed E-state index contributed by atoms with van der Waals surface area (Å²) >= 11 is 0. The number of anilines is 2. The Morgan fingerprint density at radius 2 is 0.846 bits per heavy atom. The van der Waals surface area contributed by atoms with Crippen LogP contribution in [0.3, 0.4) is 0 Å². The summed E-state index contributed by atoms with van der Waals surface area (Å²) in [5, 5.41) is 0. The zero-order chi connectivity index (χ0) is 44.3. The third-order valence-corrected chi connectivity index (χ3v) is 12.4. The van der Waals surface area contributed by atoms with Gasteiger partial charge in [-0.15, -0.1) is 0 Å². The van der Waals surface area contributed by atoms with E-state index in [1.54, 1.807) is 0 Å². The standard InChI is InChI=1S/C60H47N5/c1-5-6-30-56-41(2)60(3,4)51-29-19-20-31-57(51)65(56)50-34-32-42(33-35-50)47-36-48(54-39-52(43-21-11-7-12-22-43)61-58(63-54)45-25-15-9-16-26-45)38-49(37-47)55-40-53(44-23-13-8-14-24-44)62-59(64-55)46-27-17-10-18-28-46/h5-40H,1H2,2-4H3/b30-6-. The number of benzene rings is 7. The van der Waals surface area contributed by atoms with Gasteiger partial charge in [-0.1, -0.05) is 184 Å². The van der Waals surface area contributed by atoms with Crippen LogP contribution in [-0.4, -0.2) is 19.9 Å². The molecule has 10 rings (SSSR count). The summed E-state index contributed by atoms with van der Waals surface area (Å²) in [6.45, 7) is 10.8. The van der Waals surface area contributed by atoms with Gasteiger partial charge in [-0.2, -0.15) is 0 Å². The largest absolute Gasteiger partial charge is 0.310 e. The van der Waals surface area contributed by atoms with Gasteiger partial charge in [-0.05, 0) is 83.8 Å². The van der Waals surface area contributed by atoms with Crippen LogP contribution < -0.4 is 4.90 Å². The molecule has 0 spiro atoms. The number of fused-ring (bicyclic) bond motifs is 1. The maximum absolute atomic E-state index is 5.28. The van der Waals surface area contributed by atoms with Crippen LogP contribution in [0.2, 0.25) is 0 Å². The maximum Gasteiger partial charge on any atom is 0.160 e. The quantitative estimate of drug-likeness (QED) is 0.128. The number of nitrogens with zero attached hydrogens (tertiary/aromatic N) is 5. The SMILES string of the molecule is C=C/C=C\C1=C(C)C(C)(C)c2ccccc2N1c1ccc(-c2cc(-c3cc(-c4ccccc4)nc(-c4ccccc4)n3)cc(-c3cc(-c4ccccc4)nc(-c4ccccc4)n3)c2)cc1. The molecular weight excluding hydrogens is 791 g/mol. The number of rotatable bonds is 10. The van der Waals surface area contributed by atoms with Gasteiger partial charge < -0.3 is 4.90 Å². The second kappa shape index (κ2) is 17.5. The minimum absolute atomic E-state index is 0.145. The summed E-state index contributed by atoms with van der Waals surface area (Å²) < 4.78 is 0. The van der Waals surface area contributed by atoms with Crippen molar-refractivity contribution in [2.75, 3.05) is 4.90 Å². The fourth-order valence-electron chi connectivity index (χ4n) is 8.68. The summed E-state index contributed by atoms with van der Waals surface area (Å²) in [7, 11) is 0. The fourth-order valence-corrected chi connectivity index (χ4v) is 8.68. The molecule has 0 N–H and O–H groups in total. The molecule has 65 heavy (non-hydrogen) atoms. The molecule has 0 bridgehead atoms. The van der Waals surface area contributed by atoms with E-state index in [2.05, 4.69) is 166 Å². The van der Waals surface area contributed by atoms with E-state index in [-0.39, 0.29) is 5.41 Å². The van der Waals surface area contributed by atoms with Gasteiger partial charge in [0.1, 0.15) is 0 Å². The van der Waals surface area contributed by atoms with Crippen LogP contribution in [0.5, 0.6) is 0 Å². The first kappa shape index (κ1) is 40.8. The predicted octanol–water partition coefficient (Wildman–Crippen LogP) is 15.4. The Hall–Kier alpha value is -8.28. The normalized spacial score (nSPS) is 13.2. The molecule has 0 fully saturated rings. The topological polar surface area (TPSA) is 54.8 Å². The lowest BCUT2D eigenvalue weighted by molar-refractivity contribution is 0.605. The summed E-state index contributed by atoms with van der Waals surface area (Å²) in [5.74, 6) is 1.32. The Labute approximate surface area is 381 Å². The monoisotopic (exact) mass is 837 g/mol. The molecule has 0 atom stereocenters. The third-order valence-electron chi connectivity index (χ3n) is 12.4. The van der Waals surface area contributed by atoms with Crippen molar-refractivity contribution in [2.24, 2.45) is 0 Å². The summed E-state index contributed by atoms with van der Waals surface area (Å²) in [4.78, 5) is 23.1. The summed E-state index contributed by atoms with van der Waals surface area (Å²) in [5.41, 5.74) is 17.1. The van der Waals surface area contributed by atoms with Crippen LogP contribution in [0.1, 0.15) is 26.3 Å². The molecule has 0 aliphatic carbocycles. The average molecular weight is 838 g/mol. The molecule has 9 aromatic rings. The van der Waals surface area contributed by atoms with E-state index >= 15 is 0 Å². The molecule has 3 heterocycles. The van der Waals surface area contributed by atoms with Crippen LogP contribution in [0.15, 0.2) is 236 Å². The highest BCUT2D eigenvalue weighted by Gasteiger charge is 2.35. The molecule has 0 radical (unpaired) electrons. The molecule has 7 aromatic carbocycles. The molecule has 5 heteroatoms. The van der Waals surface area contributed by atoms with E-state index in [4.69, 9.17) is 19.9 Å². The highest BCUT2D eigenvalue weighted by atomic mass is 15.2. The maximum atomic E-state index is 5.28. The van der Waals surface area contributed by atoms with Crippen LogP contribution in [0, 0.1) is 0 Å². The van der Waals surface area contributed by atoms with Gasteiger partial charge in [0.2, 0.25) is 0 Å². The fraction of sp³-hybridized carbons (Fsp3) is 0.0667. The first-order valence-electron chi connectivity index (χ1n) is 22.0. The molecule has 2 aromatic heterocycles. The van der Waals surface area contributed by atoms with Gasteiger partial charge in [-0.3, -0.25) is 0 Å². The Kier molecular flexibility index (Phi) is 11.0.